The Labute approximate surface area is 250 Å². The van der Waals surface area contributed by atoms with Crippen LogP contribution in [0.1, 0.15) is 59.1 Å². The summed E-state index contributed by atoms with van der Waals surface area (Å²) < 4.78 is 19.2. The lowest BCUT2D eigenvalue weighted by Crippen LogP contribution is -2.63. The highest BCUT2D eigenvalue weighted by molar-refractivity contribution is 9.10. The largest absolute Gasteiger partial charge is 0.474 e. The average molecular weight is 625 g/mol. The van der Waals surface area contributed by atoms with Crippen LogP contribution in [-0.4, -0.2) is 54.7 Å². The molecule has 2 aromatic carbocycles. The number of rotatable bonds is 3. The molecule has 3 heterocycles. The molecule has 0 aliphatic carbocycles. The third kappa shape index (κ3) is 4.78. The number of carbonyl (C=O) groups is 2. The fraction of sp³-hybridized carbons (Fsp3) is 0.438. The summed E-state index contributed by atoms with van der Waals surface area (Å²) in [5.41, 5.74) is 2.17. The number of hydrogen-bond donors (Lipinski definition) is 0. The maximum Gasteiger partial charge on any atom is 0.417 e. The number of anilines is 2. The van der Waals surface area contributed by atoms with Gasteiger partial charge in [0.15, 0.2) is 0 Å². The van der Waals surface area contributed by atoms with Crippen molar-refractivity contribution in [1.82, 2.24) is 4.90 Å². The third-order valence-electron chi connectivity index (χ3n) is 7.48. The zero-order valence-corrected chi connectivity index (χ0v) is 26.4. The average Bonchev–Trinajstić information content (AvgIpc) is 3.12. The van der Waals surface area contributed by atoms with E-state index in [1.54, 1.807) is 15.9 Å². The molecule has 3 aliphatic heterocycles. The van der Waals surface area contributed by atoms with Crippen molar-refractivity contribution in [3.05, 3.63) is 76.6 Å². The van der Waals surface area contributed by atoms with Gasteiger partial charge >= 0.3 is 12.2 Å². The van der Waals surface area contributed by atoms with E-state index in [0.717, 1.165) is 26.9 Å². The summed E-state index contributed by atoms with van der Waals surface area (Å²) in [7, 11) is 2.00. The van der Waals surface area contributed by atoms with Crippen molar-refractivity contribution in [2.24, 2.45) is 0 Å². The fourth-order valence-corrected chi connectivity index (χ4v) is 6.96. The van der Waals surface area contributed by atoms with Gasteiger partial charge in [-0.1, -0.05) is 52.9 Å². The number of fused-ring (bicyclic) bond motifs is 3. The van der Waals surface area contributed by atoms with Crippen molar-refractivity contribution >= 4 is 45.1 Å². The van der Waals surface area contributed by atoms with Crippen LogP contribution < -0.4 is 9.80 Å². The molecule has 0 saturated carbocycles. The second-order valence-electron chi connectivity index (χ2n) is 12.6. The van der Waals surface area contributed by atoms with Gasteiger partial charge in [-0.25, -0.2) is 14.5 Å². The van der Waals surface area contributed by atoms with E-state index in [4.69, 9.17) is 14.2 Å². The summed E-state index contributed by atoms with van der Waals surface area (Å²) in [5, 5.41) is 0. The number of hydrogen-bond acceptors (Lipinski definition) is 6. The molecule has 0 saturated heterocycles. The van der Waals surface area contributed by atoms with Crippen molar-refractivity contribution in [3.8, 4) is 0 Å². The summed E-state index contributed by atoms with van der Waals surface area (Å²) in [4.78, 5) is 33.2. The van der Waals surface area contributed by atoms with Crippen LogP contribution in [0.4, 0.5) is 21.0 Å². The van der Waals surface area contributed by atoms with Crippen LogP contribution in [0.3, 0.4) is 0 Å². The van der Waals surface area contributed by atoms with Crippen LogP contribution in [-0.2, 0) is 19.6 Å². The highest BCUT2D eigenvalue weighted by Crippen LogP contribution is 2.63. The number of benzene rings is 2. The molecule has 9 heteroatoms. The molecule has 0 radical (unpaired) electrons. The molecular weight excluding hydrogens is 586 g/mol. The smallest absolute Gasteiger partial charge is 0.417 e. The Balaban J connectivity index is 1.86. The predicted molar refractivity (Wildman–Crippen MR) is 164 cm³/mol. The number of halogens is 1. The van der Waals surface area contributed by atoms with Crippen LogP contribution in [0.2, 0.25) is 0 Å². The zero-order valence-electron chi connectivity index (χ0n) is 24.8. The second kappa shape index (κ2) is 10.1. The number of nitrogens with zero attached hydrogens (tertiary/aromatic N) is 3. The molecule has 2 atom stereocenters. The Kier molecular flexibility index (Phi) is 7.17. The Hall–Kier alpha value is -3.46. The predicted octanol–water partition coefficient (Wildman–Crippen LogP) is 7.43. The van der Waals surface area contributed by atoms with E-state index >= 15 is 0 Å². The minimum Gasteiger partial charge on any atom is -0.474 e. The van der Waals surface area contributed by atoms with E-state index in [0.29, 0.717) is 24.5 Å². The Morgan fingerprint density at radius 1 is 1.00 bits per heavy atom. The maximum absolute atomic E-state index is 14.1. The van der Waals surface area contributed by atoms with Gasteiger partial charge in [0.1, 0.15) is 24.0 Å². The molecule has 41 heavy (non-hydrogen) atoms. The SMILES string of the molecule is C=CCOC1=C2c3ccccc3N(C(=O)OC(C)(C)C)[C@@H]3N(C)c4cccc(Br)c4[C@]23CCN1C(=O)OC(C)(C)C. The van der Waals surface area contributed by atoms with Crippen LogP contribution in [0.15, 0.2) is 65.5 Å². The van der Waals surface area contributed by atoms with Crippen molar-refractivity contribution in [2.45, 2.75) is 70.7 Å². The summed E-state index contributed by atoms with van der Waals surface area (Å²) in [6.45, 7) is 15.5. The summed E-state index contributed by atoms with van der Waals surface area (Å²) >= 11 is 3.85. The lowest BCUT2D eigenvalue weighted by Gasteiger charge is -2.53. The highest BCUT2D eigenvalue weighted by Gasteiger charge is 2.63. The minimum atomic E-state index is -0.759. The highest BCUT2D eigenvalue weighted by atomic mass is 79.9. The van der Waals surface area contributed by atoms with E-state index in [9.17, 15) is 9.59 Å². The van der Waals surface area contributed by atoms with Gasteiger partial charge in [-0.2, -0.15) is 0 Å². The number of likely N-dealkylation sites (N-methyl/N-ethyl adjacent to an activating group) is 1. The molecule has 218 valence electrons. The quantitative estimate of drug-likeness (QED) is 0.331. The minimum absolute atomic E-state index is 0.190. The number of amides is 2. The summed E-state index contributed by atoms with van der Waals surface area (Å²) in [6, 6.07) is 13.8. The monoisotopic (exact) mass is 623 g/mol. The Bertz CT molecular complexity index is 1440. The fourth-order valence-electron chi connectivity index (χ4n) is 6.25. The second-order valence-corrected chi connectivity index (χ2v) is 13.5. The van der Waals surface area contributed by atoms with Crippen molar-refractivity contribution in [1.29, 1.82) is 0 Å². The van der Waals surface area contributed by atoms with Gasteiger partial charge in [-0.3, -0.25) is 4.90 Å². The standard InChI is InChI=1S/C32H38BrN3O5/c1-9-19-39-26-24-20-13-10-11-15-22(20)36(29(38)41-31(5,6)7)27-32(24,17-18-35(26)28(37)40-30(2,3)4)25-21(33)14-12-16-23(25)34(27)8/h9-16,27H,1,17-19H2,2-8H3/t27-,32-/m0/s1. The normalized spacial score (nSPS) is 21.5. The lowest BCUT2D eigenvalue weighted by atomic mass is 9.64. The van der Waals surface area contributed by atoms with Crippen molar-refractivity contribution in [3.63, 3.8) is 0 Å². The molecule has 3 aliphatic rings. The topological polar surface area (TPSA) is 71.5 Å². The number of carbonyl (C=O) groups excluding carboxylic acids is 2. The molecule has 1 spiro atoms. The van der Waals surface area contributed by atoms with Crippen molar-refractivity contribution < 1.29 is 23.8 Å². The van der Waals surface area contributed by atoms with Gasteiger partial charge in [0.25, 0.3) is 0 Å². The lowest BCUT2D eigenvalue weighted by molar-refractivity contribution is 0.0123. The number of ether oxygens (including phenoxy) is 3. The Morgan fingerprint density at radius 2 is 1.63 bits per heavy atom. The maximum atomic E-state index is 14.1. The molecule has 2 aromatic rings. The van der Waals surface area contributed by atoms with Gasteiger partial charge in [0.2, 0.25) is 5.88 Å². The first-order valence-corrected chi connectivity index (χ1v) is 14.6. The van der Waals surface area contributed by atoms with Gasteiger partial charge in [0, 0.05) is 40.5 Å². The van der Waals surface area contributed by atoms with Gasteiger partial charge < -0.3 is 19.1 Å². The van der Waals surface area contributed by atoms with E-state index in [2.05, 4.69) is 33.5 Å². The molecule has 0 fully saturated rings. The molecule has 8 nitrogen and oxygen atoms in total. The molecule has 0 bridgehead atoms. The summed E-state index contributed by atoms with van der Waals surface area (Å²) in [5.74, 6) is 0.406. The first-order valence-electron chi connectivity index (χ1n) is 13.8. The first-order chi connectivity index (χ1) is 19.2. The van der Waals surface area contributed by atoms with E-state index in [-0.39, 0.29) is 6.61 Å². The summed E-state index contributed by atoms with van der Waals surface area (Å²) in [6.07, 6.45) is 0.764. The van der Waals surface area contributed by atoms with Gasteiger partial charge in [0.05, 0.1) is 11.1 Å². The molecular formula is C32H38BrN3O5. The van der Waals surface area contributed by atoms with Crippen molar-refractivity contribution in [2.75, 3.05) is 30.0 Å². The van der Waals surface area contributed by atoms with Gasteiger partial charge in [-0.05, 0) is 66.2 Å². The molecule has 0 unspecified atom stereocenters. The molecule has 2 amide bonds. The molecule has 0 aromatic heterocycles. The van der Waals surface area contributed by atoms with Crippen LogP contribution in [0, 0.1) is 0 Å². The molecule has 5 rings (SSSR count). The zero-order chi connectivity index (χ0) is 29.9. The van der Waals surface area contributed by atoms with Crippen LogP contribution in [0.25, 0.3) is 5.57 Å². The molecule has 0 N–H and O–H groups in total. The van der Waals surface area contributed by atoms with E-state index in [1.165, 1.54) is 0 Å². The van der Waals surface area contributed by atoms with Crippen LogP contribution in [0.5, 0.6) is 0 Å². The number of para-hydroxylation sites is 1. The third-order valence-corrected chi connectivity index (χ3v) is 8.14. The van der Waals surface area contributed by atoms with E-state index < -0.39 is 35.0 Å². The van der Waals surface area contributed by atoms with Crippen LogP contribution >= 0.6 is 15.9 Å². The van der Waals surface area contributed by atoms with E-state index in [1.807, 2.05) is 85.0 Å². The Morgan fingerprint density at radius 3 is 2.29 bits per heavy atom. The first kappa shape index (κ1) is 29.0. The van der Waals surface area contributed by atoms with Gasteiger partial charge in [-0.15, -0.1) is 0 Å².